The number of likely N-dealkylation sites (tertiary alicyclic amines) is 1. The number of amides is 2. The zero-order valence-electron chi connectivity index (χ0n) is 13.8. The molecule has 1 N–H and O–H groups in total. The van der Waals surface area contributed by atoms with Gasteiger partial charge >= 0.3 is 0 Å². The molecule has 1 saturated heterocycles. The van der Waals surface area contributed by atoms with Crippen molar-refractivity contribution in [2.24, 2.45) is 5.92 Å². The lowest BCUT2D eigenvalue weighted by Gasteiger charge is -2.17. The largest absolute Gasteiger partial charge is 0.344 e. The third-order valence-corrected chi connectivity index (χ3v) is 4.38. The van der Waals surface area contributed by atoms with Gasteiger partial charge in [0.15, 0.2) is 0 Å². The lowest BCUT2D eigenvalue weighted by molar-refractivity contribution is -0.135. The number of rotatable bonds is 3. The Labute approximate surface area is 143 Å². The van der Waals surface area contributed by atoms with Crippen LogP contribution in [0.1, 0.15) is 17.0 Å². The molecule has 1 aromatic carbocycles. The Kier molecular flexibility index (Phi) is 4.48. The van der Waals surface area contributed by atoms with Gasteiger partial charge in [0.2, 0.25) is 23.7 Å². The number of aromatic nitrogens is 1. The molecule has 0 saturated carbocycles. The molecule has 0 bridgehead atoms. The topological polar surface area (TPSA) is 62.3 Å². The average Bonchev–Trinajstić information content (AvgIpc) is 2.86. The second-order valence-corrected chi connectivity index (χ2v) is 6.18. The van der Waals surface area contributed by atoms with Gasteiger partial charge in [-0.25, -0.2) is 0 Å². The molecule has 0 radical (unpaired) electrons. The highest BCUT2D eigenvalue weighted by atomic mass is 19.1. The molecule has 2 amide bonds. The number of hydrogen-bond acceptors (Lipinski definition) is 3. The van der Waals surface area contributed by atoms with E-state index in [1.165, 1.54) is 4.90 Å². The molecule has 0 unspecified atom stereocenters. The molecular weight excluding hydrogens is 328 g/mol. The zero-order chi connectivity index (χ0) is 18.1. The smallest absolute Gasteiger partial charge is 0.239 e. The van der Waals surface area contributed by atoms with Crippen LogP contribution in [0.3, 0.4) is 0 Å². The maximum absolute atomic E-state index is 13.7. The fourth-order valence-corrected chi connectivity index (χ4v) is 3.02. The minimum absolute atomic E-state index is 0.253. The number of carbonyl (C=O) groups excluding carboxylic acids is 2. The number of anilines is 1. The first kappa shape index (κ1) is 17.0. The van der Waals surface area contributed by atoms with Crippen LogP contribution in [-0.4, -0.2) is 35.3 Å². The maximum Gasteiger partial charge on any atom is 0.239 e. The van der Waals surface area contributed by atoms with E-state index in [1.807, 2.05) is 31.2 Å². The zero-order valence-corrected chi connectivity index (χ0v) is 13.8. The van der Waals surface area contributed by atoms with Crippen molar-refractivity contribution in [3.63, 3.8) is 0 Å². The number of nitrogens with one attached hydrogen (secondary N) is 1. The molecule has 1 aliphatic heterocycles. The molecule has 25 heavy (non-hydrogen) atoms. The number of carbonyl (C=O) groups is 2. The van der Waals surface area contributed by atoms with E-state index in [4.69, 9.17) is 0 Å². The Bertz CT molecular complexity index is 824. The first-order chi connectivity index (χ1) is 11.9. The fourth-order valence-electron chi connectivity index (χ4n) is 3.02. The second-order valence-electron chi connectivity index (χ2n) is 6.18. The first-order valence-electron chi connectivity index (χ1n) is 7.81. The Morgan fingerprint density at radius 1 is 1.20 bits per heavy atom. The van der Waals surface area contributed by atoms with Crippen LogP contribution >= 0.6 is 0 Å². The highest BCUT2D eigenvalue weighted by molar-refractivity contribution is 6.08. The Hall–Kier alpha value is -2.83. The van der Waals surface area contributed by atoms with Gasteiger partial charge in [-0.2, -0.15) is 13.8 Å². The molecule has 7 heteroatoms. The third-order valence-electron chi connectivity index (χ3n) is 4.38. The number of nitrogens with zero attached hydrogens (tertiary/aromatic N) is 2. The van der Waals surface area contributed by atoms with Crippen LogP contribution in [-0.2, 0) is 9.59 Å². The van der Waals surface area contributed by atoms with E-state index in [-0.39, 0.29) is 17.5 Å². The van der Waals surface area contributed by atoms with Crippen molar-refractivity contribution < 1.29 is 18.4 Å². The predicted octanol–water partition coefficient (Wildman–Crippen LogP) is 2.48. The maximum atomic E-state index is 13.7. The molecule has 2 atom stereocenters. The van der Waals surface area contributed by atoms with Crippen LogP contribution in [0.15, 0.2) is 36.4 Å². The molecule has 0 aliphatic carbocycles. The van der Waals surface area contributed by atoms with Gasteiger partial charge in [-0.15, -0.1) is 0 Å². The van der Waals surface area contributed by atoms with Gasteiger partial charge in [0.05, 0.1) is 5.69 Å². The van der Waals surface area contributed by atoms with Crippen molar-refractivity contribution in [2.75, 3.05) is 18.9 Å². The van der Waals surface area contributed by atoms with Crippen molar-refractivity contribution >= 4 is 17.5 Å². The second kappa shape index (κ2) is 6.58. The van der Waals surface area contributed by atoms with E-state index < -0.39 is 23.7 Å². The van der Waals surface area contributed by atoms with Gasteiger partial charge < -0.3 is 10.2 Å². The summed E-state index contributed by atoms with van der Waals surface area (Å²) < 4.78 is 26.6. The molecule has 5 nitrogen and oxygen atoms in total. The summed E-state index contributed by atoms with van der Waals surface area (Å²) in [4.78, 5) is 29.5. The van der Waals surface area contributed by atoms with Crippen molar-refractivity contribution in [3.05, 3.63) is 59.4 Å². The number of benzene rings is 1. The minimum Gasteiger partial charge on any atom is -0.344 e. The monoisotopic (exact) mass is 345 g/mol. The van der Waals surface area contributed by atoms with Crippen LogP contribution < -0.4 is 5.32 Å². The van der Waals surface area contributed by atoms with E-state index in [1.54, 1.807) is 7.05 Å². The van der Waals surface area contributed by atoms with Crippen molar-refractivity contribution in [1.82, 2.24) is 9.88 Å². The summed E-state index contributed by atoms with van der Waals surface area (Å²) >= 11 is 0. The normalized spacial score (nSPS) is 20.0. The summed E-state index contributed by atoms with van der Waals surface area (Å²) in [5, 5.41) is 2.35. The van der Waals surface area contributed by atoms with Gasteiger partial charge in [-0.05, 0) is 24.6 Å². The highest BCUT2D eigenvalue weighted by Gasteiger charge is 2.44. The van der Waals surface area contributed by atoms with Crippen molar-refractivity contribution in [1.29, 1.82) is 0 Å². The lowest BCUT2D eigenvalue weighted by atomic mass is 9.87. The Morgan fingerprint density at radius 2 is 1.88 bits per heavy atom. The summed E-state index contributed by atoms with van der Waals surface area (Å²) in [5.74, 6) is -4.39. The summed E-state index contributed by atoms with van der Waals surface area (Å²) in [6.45, 7) is 2.34. The number of aryl methyl sites for hydroxylation is 1. The quantitative estimate of drug-likeness (QED) is 0.687. The van der Waals surface area contributed by atoms with Crippen LogP contribution in [0, 0.1) is 24.7 Å². The van der Waals surface area contributed by atoms with Crippen molar-refractivity contribution in [2.45, 2.75) is 12.8 Å². The Morgan fingerprint density at radius 3 is 2.52 bits per heavy atom. The molecule has 1 aliphatic rings. The molecule has 1 fully saturated rings. The summed E-state index contributed by atoms with van der Waals surface area (Å²) in [7, 11) is 1.62. The van der Waals surface area contributed by atoms with Gasteiger partial charge in [0, 0.05) is 19.5 Å². The predicted molar refractivity (Wildman–Crippen MR) is 87.8 cm³/mol. The summed E-state index contributed by atoms with van der Waals surface area (Å²) in [5.41, 5.74) is 1.68. The molecular formula is C18H17F2N3O2. The van der Waals surface area contributed by atoms with E-state index >= 15 is 0 Å². The third kappa shape index (κ3) is 3.35. The standard InChI is InChI=1S/C18H17F2N3O2/c1-10-3-5-11(6-4-10)12-9-23(2)18(25)15(12)17(24)21-13-7-8-14(19)22-16(13)20/h3-8,12,15H,9H2,1-2H3,(H,21,24)/t12-,15+/m1/s1. The lowest BCUT2D eigenvalue weighted by Crippen LogP contribution is -2.33. The number of hydrogen-bond donors (Lipinski definition) is 1. The SMILES string of the molecule is Cc1ccc([C@H]2CN(C)C(=O)[C@@H]2C(=O)Nc2ccc(F)nc2F)cc1. The molecule has 2 heterocycles. The van der Waals surface area contributed by atoms with Gasteiger partial charge in [-0.1, -0.05) is 29.8 Å². The molecule has 0 spiro atoms. The first-order valence-corrected chi connectivity index (χ1v) is 7.81. The van der Waals surface area contributed by atoms with E-state index in [9.17, 15) is 18.4 Å². The van der Waals surface area contributed by atoms with E-state index in [0.29, 0.717) is 6.54 Å². The highest BCUT2D eigenvalue weighted by Crippen LogP contribution is 2.34. The van der Waals surface area contributed by atoms with E-state index in [2.05, 4.69) is 10.3 Å². The van der Waals surface area contributed by atoms with Crippen molar-refractivity contribution in [3.8, 4) is 0 Å². The van der Waals surface area contributed by atoms with E-state index in [0.717, 1.165) is 23.3 Å². The number of likely N-dealkylation sites (N-methyl/N-ethyl adjacent to an activating group) is 1. The minimum atomic E-state index is -1.13. The van der Waals surface area contributed by atoms with Crippen LogP contribution in [0.25, 0.3) is 0 Å². The summed E-state index contributed by atoms with van der Waals surface area (Å²) in [6, 6.07) is 9.62. The molecule has 130 valence electrons. The van der Waals surface area contributed by atoms with Gasteiger partial charge in [0.1, 0.15) is 5.92 Å². The molecule has 1 aromatic heterocycles. The van der Waals surface area contributed by atoms with Crippen LogP contribution in [0.4, 0.5) is 14.5 Å². The Balaban J connectivity index is 1.87. The van der Waals surface area contributed by atoms with Gasteiger partial charge in [0.25, 0.3) is 0 Å². The number of pyridine rings is 1. The van der Waals surface area contributed by atoms with Crippen LogP contribution in [0.2, 0.25) is 0 Å². The van der Waals surface area contributed by atoms with Gasteiger partial charge in [-0.3, -0.25) is 9.59 Å². The summed E-state index contributed by atoms with van der Waals surface area (Å²) in [6.07, 6.45) is 0. The molecule has 2 aromatic rings. The average molecular weight is 345 g/mol. The fraction of sp³-hybridized carbons (Fsp3) is 0.278. The number of halogens is 2. The molecule has 3 rings (SSSR count). The van der Waals surface area contributed by atoms with Crippen LogP contribution in [0.5, 0.6) is 0 Å².